The van der Waals surface area contributed by atoms with E-state index in [4.69, 9.17) is 23.2 Å². The molecule has 1 heterocycles. The largest absolute Gasteiger partial charge is 0.281 e. The Morgan fingerprint density at radius 2 is 2.08 bits per heavy atom. The Kier molecular flexibility index (Phi) is 2.88. The molecule has 0 fully saturated rings. The first-order valence-corrected chi connectivity index (χ1v) is 6.27. The van der Waals surface area contributed by atoms with Crippen molar-refractivity contribution in [2.24, 2.45) is 0 Å². The van der Waals surface area contributed by atoms with Gasteiger partial charge in [-0.15, -0.1) is 11.3 Å². The first-order valence-electron chi connectivity index (χ1n) is 2.81. The first kappa shape index (κ1) is 10.1. The molecule has 68 valence electrons. The lowest BCUT2D eigenvalue weighted by molar-refractivity contribution is 0.607. The molecule has 0 aromatic carbocycles. The summed E-state index contributed by atoms with van der Waals surface area (Å²) >= 11 is 12.4. The number of halogens is 2. The maximum atomic E-state index is 10.8. The van der Waals surface area contributed by atoms with Crippen molar-refractivity contribution >= 4 is 50.2 Å². The molecule has 12 heavy (non-hydrogen) atoms. The van der Waals surface area contributed by atoms with Crippen LogP contribution >= 0.6 is 34.5 Å². The summed E-state index contributed by atoms with van der Waals surface area (Å²) in [4.78, 5) is 0. The lowest BCUT2D eigenvalue weighted by Gasteiger charge is -1.99. The zero-order chi connectivity index (χ0) is 9.35. The molecule has 1 aromatic heterocycles. The average Bonchev–Trinajstić information content (AvgIpc) is 2.06. The van der Waals surface area contributed by atoms with Gasteiger partial charge in [-0.1, -0.05) is 23.2 Å². The smallest absolute Gasteiger partial charge is 0.229 e. The van der Waals surface area contributed by atoms with Crippen molar-refractivity contribution < 1.29 is 8.42 Å². The van der Waals surface area contributed by atoms with E-state index in [9.17, 15) is 8.42 Å². The molecule has 1 aromatic rings. The number of rotatable bonds is 2. The van der Waals surface area contributed by atoms with Gasteiger partial charge in [0.25, 0.3) is 0 Å². The fourth-order valence-corrected chi connectivity index (χ4v) is 2.67. The van der Waals surface area contributed by atoms with Gasteiger partial charge in [0.2, 0.25) is 10.0 Å². The first-order chi connectivity index (χ1) is 5.38. The van der Waals surface area contributed by atoms with Crippen LogP contribution < -0.4 is 4.72 Å². The summed E-state index contributed by atoms with van der Waals surface area (Å²) in [5.41, 5.74) is 0.328. The standard InChI is InChI=1S/C5H5Cl2NO2S2/c1-12(9,10)8-3-2-4(6)11-5(3)7/h2,8H,1H3. The van der Waals surface area contributed by atoms with Gasteiger partial charge in [-0.2, -0.15) is 0 Å². The molecule has 0 aliphatic carbocycles. The zero-order valence-corrected chi connectivity index (χ0v) is 9.11. The molecule has 0 spiro atoms. The normalized spacial score (nSPS) is 11.6. The molecule has 0 radical (unpaired) electrons. The second kappa shape index (κ2) is 3.41. The number of hydrogen-bond donors (Lipinski definition) is 1. The third kappa shape index (κ3) is 2.82. The highest BCUT2D eigenvalue weighted by Gasteiger charge is 2.09. The van der Waals surface area contributed by atoms with E-state index in [0.717, 1.165) is 17.6 Å². The lowest BCUT2D eigenvalue weighted by Crippen LogP contribution is -2.08. The van der Waals surface area contributed by atoms with Crippen molar-refractivity contribution in [3.63, 3.8) is 0 Å². The molecule has 0 saturated heterocycles. The number of anilines is 1. The zero-order valence-electron chi connectivity index (χ0n) is 5.97. The van der Waals surface area contributed by atoms with E-state index in [1.54, 1.807) is 0 Å². The van der Waals surface area contributed by atoms with Gasteiger partial charge in [-0.05, 0) is 6.07 Å². The summed E-state index contributed by atoms with van der Waals surface area (Å²) in [6, 6.07) is 1.47. The summed E-state index contributed by atoms with van der Waals surface area (Å²) < 4.78 is 24.5. The maximum absolute atomic E-state index is 10.8. The Bertz CT molecular complexity index is 384. The molecule has 1 N–H and O–H groups in total. The van der Waals surface area contributed by atoms with Crippen LogP contribution in [0.25, 0.3) is 0 Å². The van der Waals surface area contributed by atoms with Crippen molar-refractivity contribution in [2.75, 3.05) is 11.0 Å². The molecule has 0 saturated carbocycles. The molecule has 1 rings (SSSR count). The van der Waals surface area contributed by atoms with E-state index >= 15 is 0 Å². The SMILES string of the molecule is CS(=O)(=O)Nc1cc(Cl)sc1Cl. The summed E-state index contributed by atoms with van der Waals surface area (Å²) in [6.45, 7) is 0. The molecular formula is C5H5Cl2NO2S2. The van der Waals surface area contributed by atoms with Crippen molar-refractivity contribution in [3.05, 3.63) is 14.7 Å². The Hall–Kier alpha value is 0.0300. The van der Waals surface area contributed by atoms with Crippen LogP contribution in [0.2, 0.25) is 8.67 Å². The van der Waals surface area contributed by atoms with E-state index in [1.807, 2.05) is 0 Å². The molecule has 0 unspecified atom stereocenters. The predicted molar refractivity (Wildman–Crippen MR) is 52.8 cm³/mol. The third-order valence-electron chi connectivity index (χ3n) is 0.952. The molecule has 0 amide bonds. The van der Waals surface area contributed by atoms with Gasteiger partial charge in [0, 0.05) is 0 Å². The fraction of sp³-hybridized carbons (Fsp3) is 0.200. The van der Waals surface area contributed by atoms with Crippen LogP contribution in [0, 0.1) is 0 Å². The Labute approximate surface area is 84.4 Å². The van der Waals surface area contributed by atoms with Gasteiger partial charge in [-0.3, -0.25) is 4.72 Å². The predicted octanol–water partition coefficient (Wildman–Crippen LogP) is 2.43. The molecule has 0 bridgehead atoms. The second-order valence-corrected chi connectivity index (χ2v) is 6.15. The van der Waals surface area contributed by atoms with Crippen molar-refractivity contribution in [2.45, 2.75) is 0 Å². The number of nitrogens with one attached hydrogen (secondary N) is 1. The minimum atomic E-state index is -3.27. The molecule has 7 heteroatoms. The van der Waals surface area contributed by atoms with Crippen LogP contribution in [-0.2, 0) is 10.0 Å². The monoisotopic (exact) mass is 245 g/mol. The van der Waals surface area contributed by atoms with Gasteiger partial charge in [0.05, 0.1) is 16.3 Å². The molecule has 0 aliphatic rings. The number of hydrogen-bond acceptors (Lipinski definition) is 3. The highest BCUT2D eigenvalue weighted by atomic mass is 35.5. The van der Waals surface area contributed by atoms with Crippen LogP contribution in [0.15, 0.2) is 6.07 Å². The van der Waals surface area contributed by atoms with Crippen LogP contribution in [0.3, 0.4) is 0 Å². The number of sulfonamides is 1. The van der Waals surface area contributed by atoms with E-state index in [2.05, 4.69) is 4.72 Å². The van der Waals surface area contributed by atoms with Crippen LogP contribution in [-0.4, -0.2) is 14.7 Å². The molecule has 0 atom stereocenters. The van der Waals surface area contributed by atoms with Crippen LogP contribution in [0.1, 0.15) is 0 Å². The van der Waals surface area contributed by atoms with Gasteiger partial charge in [0.15, 0.2) is 0 Å². The van der Waals surface area contributed by atoms with E-state index in [0.29, 0.717) is 14.4 Å². The molecule has 3 nitrogen and oxygen atoms in total. The van der Waals surface area contributed by atoms with Gasteiger partial charge >= 0.3 is 0 Å². The van der Waals surface area contributed by atoms with E-state index in [1.165, 1.54) is 6.07 Å². The van der Waals surface area contributed by atoms with Crippen molar-refractivity contribution in [1.29, 1.82) is 0 Å². The average molecular weight is 246 g/mol. The highest BCUT2D eigenvalue weighted by molar-refractivity contribution is 7.92. The van der Waals surface area contributed by atoms with Crippen molar-refractivity contribution in [1.82, 2.24) is 0 Å². The lowest BCUT2D eigenvalue weighted by atomic mass is 10.6. The quantitative estimate of drug-likeness (QED) is 0.871. The molecule has 0 aliphatic heterocycles. The fourth-order valence-electron chi connectivity index (χ4n) is 0.610. The minimum absolute atomic E-state index is 0.328. The number of thiophene rings is 1. The molecular weight excluding hydrogens is 241 g/mol. The summed E-state index contributed by atoms with van der Waals surface area (Å²) in [5, 5.41) is 0. The third-order valence-corrected chi connectivity index (χ3v) is 3.03. The Balaban J connectivity index is 2.97. The van der Waals surface area contributed by atoms with Gasteiger partial charge in [0.1, 0.15) is 4.34 Å². The van der Waals surface area contributed by atoms with E-state index in [-0.39, 0.29) is 0 Å². The van der Waals surface area contributed by atoms with Gasteiger partial charge < -0.3 is 0 Å². The maximum Gasteiger partial charge on any atom is 0.229 e. The minimum Gasteiger partial charge on any atom is -0.281 e. The summed E-state index contributed by atoms with van der Waals surface area (Å²) in [6.07, 6.45) is 1.05. The van der Waals surface area contributed by atoms with Crippen LogP contribution in [0.4, 0.5) is 5.69 Å². The van der Waals surface area contributed by atoms with Crippen LogP contribution in [0.5, 0.6) is 0 Å². The summed E-state index contributed by atoms with van der Waals surface area (Å²) in [5.74, 6) is 0. The summed E-state index contributed by atoms with van der Waals surface area (Å²) in [7, 11) is -3.27. The van der Waals surface area contributed by atoms with Crippen molar-refractivity contribution in [3.8, 4) is 0 Å². The van der Waals surface area contributed by atoms with Gasteiger partial charge in [-0.25, -0.2) is 8.42 Å². The Morgan fingerprint density at radius 3 is 2.42 bits per heavy atom. The highest BCUT2D eigenvalue weighted by Crippen LogP contribution is 2.35. The second-order valence-electron chi connectivity index (χ2n) is 2.11. The van der Waals surface area contributed by atoms with E-state index < -0.39 is 10.0 Å². The topological polar surface area (TPSA) is 46.2 Å². The Morgan fingerprint density at radius 1 is 1.50 bits per heavy atom.